The van der Waals surface area contributed by atoms with Crippen molar-refractivity contribution in [3.63, 3.8) is 0 Å². The van der Waals surface area contributed by atoms with Gasteiger partial charge in [0.2, 0.25) is 10.0 Å². The number of nitriles is 1. The first-order chi connectivity index (χ1) is 9.94. The minimum Gasteiger partial charge on any atom is -0.265 e. The first kappa shape index (κ1) is 15.4. The van der Waals surface area contributed by atoms with E-state index < -0.39 is 16.1 Å². The van der Waals surface area contributed by atoms with E-state index in [1.54, 1.807) is 31.5 Å². The van der Waals surface area contributed by atoms with Gasteiger partial charge in [-0.15, -0.1) is 0 Å². The van der Waals surface area contributed by atoms with Crippen LogP contribution in [0.15, 0.2) is 47.6 Å². The molecule has 21 heavy (non-hydrogen) atoms. The Kier molecular flexibility index (Phi) is 4.58. The van der Waals surface area contributed by atoms with E-state index in [0.717, 1.165) is 5.56 Å². The fourth-order valence-corrected chi connectivity index (χ4v) is 3.58. The van der Waals surface area contributed by atoms with Crippen LogP contribution < -0.4 is 4.72 Å². The van der Waals surface area contributed by atoms with Crippen LogP contribution in [0.3, 0.4) is 0 Å². The van der Waals surface area contributed by atoms with Crippen molar-refractivity contribution in [1.29, 1.82) is 5.26 Å². The van der Waals surface area contributed by atoms with Crippen molar-refractivity contribution in [2.24, 2.45) is 0 Å². The van der Waals surface area contributed by atoms with E-state index >= 15 is 0 Å². The van der Waals surface area contributed by atoms with Gasteiger partial charge in [0.1, 0.15) is 4.90 Å². The third kappa shape index (κ3) is 3.58. The first-order valence-corrected chi connectivity index (χ1v) is 7.92. The van der Waals surface area contributed by atoms with E-state index in [0.29, 0.717) is 5.56 Å². The number of hydrogen-bond donors (Lipinski definition) is 1. The second kappa shape index (κ2) is 6.22. The van der Waals surface area contributed by atoms with Crippen LogP contribution in [0, 0.1) is 11.3 Å². The lowest BCUT2D eigenvalue weighted by molar-refractivity contribution is 0.567. The number of nitrogens with zero attached hydrogens (tertiary/aromatic N) is 2. The summed E-state index contributed by atoms with van der Waals surface area (Å²) >= 11 is 5.94. The number of pyridine rings is 1. The number of aromatic nitrogens is 1. The fourth-order valence-electron chi connectivity index (χ4n) is 1.80. The molecule has 0 aliphatic heterocycles. The van der Waals surface area contributed by atoms with Crippen molar-refractivity contribution in [3.8, 4) is 6.07 Å². The fraction of sp³-hybridized carbons (Fsp3) is 0.143. The molecular formula is C14H12ClN3O2S. The summed E-state index contributed by atoms with van der Waals surface area (Å²) in [5.74, 6) is 0. The van der Waals surface area contributed by atoms with Crippen molar-refractivity contribution in [1.82, 2.24) is 9.71 Å². The Bertz CT molecular complexity index is 786. The molecule has 0 aliphatic carbocycles. The molecule has 1 atom stereocenters. The second-order valence-electron chi connectivity index (χ2n) is 4.38. The summed E-state index contributed by atoms with van der Waals surface area (Å²) in [7, 11) is -3.78. The van der Waals surface area contributed by atoms with Crippen LogP contribution in [0.4, 0.5) is 0 Å². The maximum Gasteiger partial charge on any atom is 0.242 e. The number of nitrogens with one attached hydrogen (secondary N) is 1. The lowest BCUT2D eigenvalue weighted by Crippen LogP contribution is -2.27. The lowest BCUT2D eigenvalue weighted by Gasteiger charge is -2.15. The molecule has 0 radical (unpaired) electrons. The molecule has 0 saturated heterocycles. The quantitative estimate of drug-likeness (QED) is 0.938. The third-order valence-electron chi connectivity index (χ3n) is 2.89. The number of hydrogen-bond acceptors (Lipinski definition) is 4. The zero-order valence-corrected chi connectivity index (χ0v) is 12.7. The molecule has 0 bridgehead atoms. The minimum absolute atomic E-state index is 0.0171. The van der Waals surface area contributed by atoms with Crippen LogP contribution >= 0.6 is 11.6 Å². The van der Waals surface area contributed by atoms with E-state index in [2.05, 4.69) is 9.71 Å². The smallest absolute Gasteiger partial charge is 0.242 e. The zero-order valence-electron chi connectivity index (χ0n) is 11.1. The number of benzene rings is 1. The summed E-state index contributed by atoms with van der Waals surface area (Å²) in [6.07, 6.45) is 3.18. The van der Waals surface area contributed by atoms with Crippen molar-refractivity contribution >= 4 is 21.6 Å². The van der Waals surface area contributed by atoms with Gasteiger partial charge in [-0.2, -0.15) is 5.26 Å². The highest BCUT2D eigenvalue weighted by atomic mass is 35.5. The van der Waals surface area contributed by atoms with Gasteiger partial charge >= 0.3 is 0 Å². The average Bonchev–Trinajstić information content (AvgIpc) is 2.47. The van der Waals surface area contributed by atoms with Crippen LogP contribution in [0.2, 0.25) is 5.02 Å². The van der Waals surface area contributed by atoms with Gasteiger partial charge in [0, 0.05) is 18.4 Å². The summed E-state index contributed by atoms with van der Waals surface area (Å²) < 4.78 is 27.2. The van der Waals surface area contributed by atoms with Gasteiger partial charge in [-0.3, -0.25) is 4.98 Å². The number of halogens is 1. The summed E-state index contributed by atoms with van der Waals surface area (Å²) in [6.45, 7) is 1.73. The molecule has 0 saturated carbocycles. The molecule has 7 heteroatoms. The summed E-state index contributed by atoms with van der Waals surface area (Å²) in [5.41, 5.74) is 1.10. The minimum atomic E-state index is -3.78. The molecule has 0 amide bonds. The van der Waals surface area contributed by atoms with E-state index in [1.165, 1.54) is 18.2 Å². The lowest BCUT2D eigenvalue weighted by atomic mass is 10.1. The van der Waals surface area contributed by atoms with Gasteiger partial charge in [0.25, 0.3) is 0 Å². The monoisotopic (exact) mass is 321 g/mol. The normalized spacial score (nSPS) is 12.6. The SMILES string of the molecule is CC(NS(=O)(=O)c1ccc(C#N)cc1Cl)c1ccncc1. The molecular weight excluding hydrogens is 310 g/mol. The number of rotatable bonds is 4. The molecule has 0 fully saturated rings. The maximum atomic E-state index is 12.3. The Morgan fingerprint density at radius 1 is 1.29 bits per heavy atom. The molecule has 1 aromatic heterocycles. The Balaban J connectivity index is 2.29. The van der Waals surface area contributed by atoms with Crippen LogP contribution in [0.5, 0.6) is 0 Å². The molecule has 1 N–H and O–H groups in total. The predicted octanol–water partition coefficient (Wildman–Crippen LogP) is 2.65. The highest BCUT2D eigenvalue weighted by Crippen LogP contribution is 2.24. The summed E-state index contributed by atoms with van der Waals surface area (Å²) in [5, 5.41) is 8.79. The summed E-state index contributed by atoms with van der Waals surface area (Å²) in [6, 6.07) is 9.00. The standard InChI is InChI=1S/C14H12ClN3O2S/c1-10(12-4-6-17-7-5-12)18-21(19,20)14-3-2-11(9-16)8-13(14)15/h2-8,10,18H,1H3. The maximum absolute atomic E-state index is 12.3. The first-order valence-electron chi connectivity index (χ1n) is 6.06. The molecule has 0 spiro atoms. The Morgan fingerprint density at radius 2 is 1.95 bits per heavy atom. The van der Waals surface area contributed by atoms with Crippen LogP contribution in [-0.2, 0) is 10.0 Å². The molecule has 2 aromatic rings. The van der Waals surface area contributed by atoms with Gasteiger partial charge in [-0.1, -0.05) is 11.6 Å². The summed E-state index contributed by atoms with van der Waals surface area (Å²) in [4.78, 5) is 3.83. The van der Waals surface area contributed by atoms with Crippen LogP contribution in [-0.4, -0.2) is 13.4 Å². The van der Waals surface area contributed by atoms with Crippen LogP contribution in [0.25, 0.3) is 0 Å². The van der Waals surface area contributed by atoms with Gasteiger partial charge in [0.15, 0.2) is 0 Å². The Morgan fingerprint density at radius 3 is 2.52 bits per heavy atom. The third-order valence-corrected chi connectivity index (χ3v) is 4.91. The predicted molar refractivity (Wildman–Crippen MR) is 79.1 cm³/mol. The zero-order chi connectivity index (χ0) is 15.5. The topological polar surface area (TPSA) is 82.9 Å². The molecule has 1 unspecified atom stereocenters. The Labute approximate surface area is 128 Å². The average molecular weight is 322 g/mol. The molecule has 1 heterocycles. The van der Waals surface area contributed by atoms with E-state index in [4.69, 9.17) is 16.9 Å². The molecule has 0 aliphatic rings. The molecule has 108 valence electrons. The molecule has 5 nitrogen and oxygen atoms in total. The van der Waals surface area contributed by atoms with Crippen molar-refractivity contribution in [2.75, 3.05) is 0 Å². The van der Waals surface area contributed by atoms with Crippen molar-refractivity contribution in [3.05, 3.63) is 58.9 Å². The van der Waals surface area contributed by atoms with Gasteiger partial charge in [-0.05, 0) is 42.8 Å². The van der Waals surface area contributed by atoms with E-state index in [-0.39, 0.29) is 9.92 Å². The van der Waals surface area contributed by atoms with E-state index in [9.17, 15) is 8.42 Å². The Hall–Kier alpha value is -1.94. The second-order valence-corrected chi connectivity index (χ2v) is 6.47. The highest BCUT2D eigenvalue weighted by Gasteiger charge is 2.21. The highest BCUT2D eigenvalue weighted by molar-refractivity contribution is 7.89. The van der Waals surface area contributed by atoms with Gasteiger partial charge in [-0.25, -0.2) is 13.1 Å². The van der Waals surface area contributed by atoms with Gasteiger partial charge < -0.3 is 0 Å². The molecule has 1 aromatic carbocycles. The number of sulfonamides is 1. The van der Waals surface area contributed by atoms with Crippen molar-refractivity contribution in [2.45, 2.75) is 17.9 Å². The molecule has 2 rings (SSSR count). The van der Waals surface area contributed by atoms with E-state index in [1.807, 2.05) is 6.07 Å². The van der Waals surface area contributed by atoms with Gasteiger partial charge in [0.05, 0.1) is 16.7 Å². The largest absolute Gasteiger partial charge is 0.265 e. The van der Waals surface area contributed by atoms with Crippen molar-refractivity contribution < 1.29 is 8.42 Å². The van der Waals surface area contributed by atoms with Crippen LogP contribution in [0.1, 0.15) is 24.1 Å².